The van der Waals surface area contributed by atoms with Crippen LogP contribution in [-0.4, -0.2) is 17.4 Å². The Morgan fingerprint density at radius 3 is 1.55 bits per heavy atom. The standard InChI is InChI=1S/C5H7F5O/c1-2-3(4(6,7)8)5(9,10)11/h3,11H,2H2,1H3. The zero-order valence-corrected chi connectivity index (χ0v) is 5.62. The fourth-order valence-electron chi connectivity index (χ4n) is 0.674. The Bertz CT molecular complexity index is 110. The van der Waals surface area contributed by atoms with E-state index in [-0.39, 0.29) is 0 Å². The fraction of sp³-hybridized carbons (Fsp3) is 1.00. The summed E-state index contributed by atoms with van der Waals surface area (Å²) in [6.07, 6.45) is -10.6. The van der Waals surface area contributed by atoms with Crippen molar-refractivity contribution in [2.24, 2.45) is 5.92 Å². The molecule has 0 saturated carbocycles. The molecular formula is C5H7F5O. The second-order valence-electron chi connectivity index (χ2n) is 2.09. The van der Waals surface area contributed by atoms with Crippen molar-refractivity contribution in [3.8, 4) is 0 Å². The van der Waals surface area contributed by atoms with E-state index >= 15 is 0 Å². The second-order valence-corrected chi connectivity index (χ2v) is 2.09. The molecule has 11 heavy (non-hydrogen) atoms. The summed E-state index contributed by atoms with van der Waals surface area (Å²) in [6, 6.07) is 0. The molecule has 0 aliphatic heterocycles. The largest absolute Gasteiger partial charge is 0.400 e. The van der Waals surface area contributed by atoms with Gasteiger partial charge in [0.15, 0.2) is 0 Å². The number of aliphatic hydroxyl groups is 1. The van der Waals surface area contributed by atoms with Crippen LogP contribution in [0.25, 0.3) is 0 Å². The lowest BCUT2D eigenvalue weighted by Gasteiger charge is -2.22. The molecule has 1 nitrogen and oxygen atoms in total. The molecule has 1 atom stereocenters. The lowest BCUT2D eigenvalue weighted by molar-refractivity contribution is -0.317. The molecule has 0 heterocycles. The van der Waals surface area contributed by atoms with Gasteiger partial charge in [-0.25, -0.2) is 0 Å². The molecule has 0 aromatic carbocycles. The highest BCUT2D eigenvalue weighted by Gasteiger charge is 2.53. The molecule has 0 aromatic heterocycles. The van der Waals surface area contributed by atoms with Crippen LogP contribution in [0.5, 0.6) is 0 Å². The Morgan fingerprint density at radius 1 is 1.18 bits per heavy atom. The maximum Gasteiger partial charge on any atom is 0.400 e. The number of rotatable bonds is 2. The van der Waals surface area contributed by atoms with Gasteiger partial charge in [-0.3, -0.25) is 0 Å². The van der Waals surface area contributed by atoms with Crippen LogP contribution in [-0.2, 0) is 0 Å². The summed E-state index contributed by atoms with van der Waals surface area (Å²) >= 11 is 0. The van der Waals surface area contributed by atoms with Crippen LogP contribution in [0.1, 0.15) is 13.3 Å². The van der Waals surface area contributed by atoms with Gasteiger partial charge in [-0.05, 0) is 6.42 Å². The molecule has 0 aliphatic rings. The predicted octanol–water partition coefficient (Wildman–Crippen LogP) is 2.16. The molecule has 0 rings (SSSR count). The first-order chi connectivity index (χ1) is 4.69. The molecule has 0 spiro atoms. The topological polar surface area (TPSA) is 20.2 Å². The van der Waals surface area contributed by atoms with E-state index < -0.39 is 24.6 Å². The predicted molar refractivity (Wildman–Crippen MR) is 27.0 cm³/mol. The minimum Gasteiger partial charge on any atom is -0.336 e. The average Bonchev–Trinajstić information content (AvgIpc) is 1.56. The van der Waals surface area contributed by atoms with Crippen molar-refractivity contribution in [2.75, 3.05) is 0 Å². The van der Waals surface area contributed by atoms with Crippen LogP contribution < -0.4 is 0 Å². The van der Waals surface area contributed by atoms with Crippen LogP contribution in [0.3, 0.4) is 0 Å². The van der Waals surface area contributed by atoms with Gasteiger partial charge in [0.2, 0.25) is 0 Å². The van der Waals surface area contributed by atoms with Crippen LogP contribution in [0.2, 0.25) is 0 Å². The highest BCUT2D eigenvalue weighted by Crippen LogP contribution is 2.38. The lowest BCUT2D eigenvalue weighted by atomic mass is 10.1. The Kier molecular flexibility index (Phi) is 2.82. The van der Waals surface area contributed by atoms with E-state index in [0.29, 0.717) is 0 Å². The molecule has 68 valence electrons. The van der Waals surface area contributed by atoms with Gasteiger partial charge in [-0.15, -0.1) is 0 Å². The molecule has 1 N–H and O–H groups in total. The average molecular weight is 178 g/mol. The molecule has 6 heteroatoms. The van der Waals surface area contributed by atoms with E-state index in [4.69, 9.17) is 5.11 Å². The maximum absolute atomic E-state index is 11.7. The molecule has 0 aliphatic carbocycles. The molecule has 0 amide bonds. The van der Waals surface area contributed by atoms with Gasteiger partial charge >= 0.3 is 12.3 Å². The van der Waals surface area contributed by atoms with E-state index in [1.807, 2.05) is 0 Å². The normalized spacial score (nSPS) is 16.6. The molecule has 1 unspecified atom stereocenters. The van der Waals surface area contributed by atoms with Crippen LogP contribution in [0.4, 0.5) is 22.0 Å². The van der Waals surface area contributed by atoms with Crippen molar-refractivity contribution in [1.29, 1.82) is 0 Å². The zero-order chi connectivity index (χ0) is 9.28. The summed E-state index contributed by atoms with van der Waals surface area (Å²) < 4.78 is 58.2. The molecule has 0 bridgehead atoms. The van der Waals surface area contributed by atoms with E-state index in [0.717, 1.165) is 6.92 Å². The minimum absolute atomic E-state index is 0.840. The van der Waals surface area contributed by atoms with Crippen LogP contribution >= 0.6 is 0 Å². The van der Waals surface area contributed by atoms with Gasteiger partial charge in [0, 0.05) is 0 Å². The van der Waals surface area contributed by atoms with Crippen LogP contribution in [0.15, 0.2) is 0 Å². The summed E-state index contributed by atoms with van der Waals surface area (Å²) in [6.45, 7) is 0.933. The van der Waals surface area contributed by atoms with E-state index in [9.17, 15) is 22.0 Å². The lowest BCUT2D eigenvalue weighted by Crippen LogP contribution is -2.38. The van der Waals surface area contributed by atoms with Gasteiger partial charge in [0.05, 0.1) is 0 Å². The summed E-state index contributed by atoms with van der Waals surface area (Å²) in [5, 5.41) is 7.76. The van der Waals surface area contributed by atoms with E-state index in [1.165, 1.54) is 0 Å². The van der Waals surface area contributed by atoms with Gasteiger partial charge < -0.3 is 5.11 Å². The highest BCUT2D eigenvalue weighted by atomic mass is 19.4. The molecular weight excluding hydrogens is 171 g/mol. The van der Waals surface area contributed by atoms with Crippen LogP contribution in [0, 0.1) is 5.92 Å². The molecule has 0 saturated heterocycles. The first kappa shape index (κ1) is 10.6. The monoisotopic (exact) mass is 178 g/mol. The van der Waals surface area contributed by atoms with Gasteiger partial charge in [-0.1, -0.05) is 6.92 Å². The van der Waals surface area contributed by atoms with Crippen molar-refractivity contribution < 1.29 is 27.1 Å². The summed E-state index contributed by atoms with van der Waals surface area (Å²) in [5.74, 6) is -2.96. The van der Waals surface area contributed by atoms with Crippen molar-refractivity contribution in [2.45, 2.75) is 25.6 Å². The minimum atomic E-state index is -5.05. The molecule has 0 fully saturated rings. The smallest absolute Gasteiger partial charge is 0.336 e. The Hall–Kier alpha value is -0.390. The zero-order valence-electron chi connectivity index (χ0n) is 5.62. The number of halogens is 5. The van der Waals surface area contributed by atoms with Gasteiger partial charge in [0.1, 0.15) is 5.92 Å². The Morgan fingerprint density at radius 2 is 1.55 bits per heavy atom. The summed E-state index contributed by atoms with van der Waals surface area (Å²) in [4.78, 5) is 0. The molecule has 0 aromatic rings. The summed E-state index contributed by atoms with van der Waals surface area (Å²) in [5.41, 5.74) is 0. The van der Waals surface area contributed by atoms with E-state index in [1.54, 1.807) is 0 Å². The maximum atomic E-state index is 11.7. The SMILES string of the molecule is CCC(C(O)(F)F)C(F)(F)F. The summed E-state index contributed by atoms with van der Waals surface area (Å²) in [7, 11) is 0. The second kappa shape index (κ2) is 2.92. The van der Waals surface area contributed by atoms with Gasteiger partial charge in [-0.2, -0.15) is 22.0 Å². The third-order valence-corrected chi connectivity index (χ3v) is 1.22. The highest BCUT2D eigenvalue weighted by molar-refractivity contribution is 4.72. The third kappa shape index (κ3) is 3.00. The van der Waals surface area contributed by atoms with Gasteiger partial charge in [0.25, 0.3) is 0 Å². The first-order valence-corrected chi connectivity index (χ1v) is 2.86. The Balaban J connectivity index is 4.43. The van der Waals surface area contributed by atoms with E-state index in [2.05, 4.69) is 0 Å². The molecule has 0 radical (unpaired) electrons. The first-order valence-electron chi connectivity index (χ1n) is 2.86. The number of hydrogen-bond donors (Lipinski definition) is 1. The number of alkyl halides is 5. The third-order valence-electron chi connectivity index (χ3n) is 1.22. The van der Waals surface area contributed by atoms with Crippen molar-refractivity contribution in [3.63, 3.8) is 0 Å². The Labute approximate surface area is 59.8 Å². The number of hydrogen-bond acceptors (Lipinski definition) is 1. The van der Waals surface area contributed by atoms with Crippen molar-refractivity contribution in [1.82, 2.24) is 0 Å². The van der Waals surface area contributed by atoms with Crippen molar-refractivity contribution >= 4 is 0 Å². The fourth-order valence-corrected chi connectivity index (χ4v) is 0.674. The van der Waals surface area contributed by atoms with Crippen molar-refractivity contribution in [3.05, 3.63) is 0 Å². The quantitative estimate of drug-likeness (QED) is 0.642.